The first-order valence-electron chi connectivity index (χ1n) is 5.08. The molecule has 0 aromatic heterocycles. The maximum absolute atomic E-state index is 11.9. The standard InChI is InChI=1S/C12H10N2O3S/c1-17-8-4-2-7(3-5-8)9(15)6-10-11(16)14-12(13)18-10/h2-6H,1H3,(H2,13,14,16). The highest BCUT2D eigenvalue weighted by Gasteiger charge is 2.23. The van der Waals surface area contributed by atoms with Crippen molar-refractivity contribution in [3.63, 3.8) is 0 Å². The molecule has 1 saturated heterocycles. The van der Waals surface area contributed by atoms with E-state index < -0.39 is 5.91 Å². The van der Waals surface area contributed by atoms with Gasteiger partial charge in [0.15, 0.2) is 11.0 Å². The zero-order valence-corrected chi connectivity index (χ0v) is 10.3. The second-order valence-corrected chi connectivity index (χ2v) is 4.54. The van der Waals surface area contributed by atoms with Crippen LogP contribution in [0.25, 0.3) is 0 Å². The van der Waals surface area contributed by atoms with Crippen LogP contribution in [0.2, 0.25) is 0 Å². The van der Waals surface area contributed by atoms with Gasteiger partial charge in [0.05, 0.1) is 12.0 Å². The van der Waals surface area contributed by atoms with Gasteiger partial charge in [-0.1, -0.05) is 0 Å². The predicted molar refractivity (Wildman–Crippen MR) is 68.9 cm³/mol. The number of thioether (sulfide) groups is 1. The van der Waals surface area contributed by atoms with Crippen molar-refractivity contribution in [2.24, 2.45) is 0 Å². The Balaban J connectivity index is 2.19. The van der Waals surface area contributed by atoms with Gasteiger partial charge >= 0.3 is 0 Å². The molecular formula is C12H10N2O3S. The zero-order valence-electron chi connectivity index (χ0n) is 9.52. The maximum atomic E-state index is 11.9. The third-order valence-electron chi connectivity index (χ3n) is 2.30. The van der Waals surface area contributed by atoms with Crippen molar-refractivity contribution < 1.29 is 14.3 Å². The van der Waals surface area contributed by atoms with E-state index >= 15 is 0 Å². The molecule has 1 aromatic carbocycles. The van der Waals surface area contributed by atoms with Crippen molar-refractivity contribution in [2.45, 2.75) is 0 Å². The molecule has 1 aliphatic heterocycles. The molecule has 0 atom stereocenters. The summed E-state index contributed by atoms with van der Waals surface area (Å²) in [7, 11) is 1.55. The van der Waals surface area contributed by atoms with E-state index in [1.165, 1.54) is 6.08 Å². The summed E-state index contributed by atoms with van der Waals surface area (Å²) in [4.78, 5) is 23.4. The van der Waals surface area contributed by atoms with Crippen LogP contribution in [0.15, 0.2) is 35.2 Å². The van der Waals surface area contributed by atoms with E-state index in [4.69, 9.17) is 10.1 Å². The molecule has 0 spiro atoms. The first-order valence-corrected chi connectivity index (χ1v) is 5.89. The van der Waals surface area contributed by atoms with Crippen molar-refractivity contribution in [1.29, 1.82) is 5.41 Å². The molecule has 1 aromatic rings. The zero-order chi connectivity index (χ0) is 13.1. The smallest absolute Gasteiger partial charge is 0.264 e. The van der Waals surface area contributed by atoms with Gasteiger partial charge in [0, 0.05) is 11.6 Å². The van der Waals surface area contributed by atoms with Crippen LogP contribution < -0.4 is 10.1 Å². The van der Waals surface area contributed by atoms with Crippen LogP contribution >= 0.6 is 11.8 Å². The lowest BCUT2D eigenvalue weighted by atomic mass is 10.1. The van der Waals surface area contributed by atoms with Crippen molar-refractivity contribution >= 4 is 28.6 Å². The molecule has 5 nitrogen and oxygen atoms in total. The average Bonchev–Trinajstić information content (AvgIpc) is 2.68. The summed E-state index contributed by atoms with van der Waals surface area (Å²) in [6.45, 7) is 0. The highest BCUT2D eigenvalue weighted by Crippen LogP contribution is 2.23. The summed E-state index contributed by atoms with van der Waals surface area (Å²) in [6, 6.07) is 6.60. The number of carbonyl (C=O) groups excluding carboxylic acids is 2. The van der Waals surface area contributed by atoms with Crippen molar-refractivity contribution in [1.82, 2.24) is 5.32 Å². The Hall–Kier alpha value is -2.08. The minimum Gasteiger partial charge on any atom is -0.497 e. The van der Waals surface area contributed by atoms with E-state index in [2.05, 4.69) is 5.32 Å². The molecule has 2 rings (SSSR count). The Morgan fingerprint density at radius 1 is 1.39 bits per heavy atom. The lowest BCUT2D eigenvalue weighted by Crippen LogP contribution is -2.18. The number of ether oxygens (including phenoxy) is 1. The van der Waals surface area contributed by atoms with Crippen molar-refractivity contribution in [3.05, 3.63) is 40.8 Å². The highest BCUT2D eigenvalue weighted by molar-refractivity contribution is 8.18. The number of methoxy groups -OCH3 is 1. The molecule has 1 heterocycles. The second-order valence-electron chi connectivity index (χ2n) is 3.49. The SMILES string of the molecule is COc1ccc(C(=O)C=C2SC(=N)NC2=O)cc1. The lowest BCUT2D eigenvalue weighted by molar-refractivity contribution is -0.115. The molecular weight excluding hydrogens is 252 g/mol. The van der Waals surface area contributed by atoms with Crippen LogP contribution in [0.4, 0.5) is 0 Å². The van der Waals surface area contributed by atoms with Crippen LogP contribution in [0.5, 0.6) is 5.75 Å². The van der Waals surface area contributed by atoms with Gasteiger partial charge in [-0.3, -0.25) is 15.0 Å². The second kappa shape index (κ2) is 5.05. The topological polar surface area (TPSA) is 79.2 Å². The first-order chi connectivity index (χ1) is 8.60. The number of carbonyl (C=O) groups is 2. The number of hydrogen-bond donors (Lipinski definition) is 2. The van der Waals surface area contributed by atoms with E-state index in [1.807, 2.05) is 0 Å². The summed E-state index contributed by atoms with van der Waals surface area (Å²) in [6.07, 6.45) is 1.24. The minimum absolute atomic E-state index is 0.0359. The highest BCUT2D eigenvalue weighted by atomic mass is 32.2. The lowest BCUT2D eigenvalue weighted by Gasteiger charge is -2.00. The Kier molecular flexibility index (Phi) is 3.47. The van der Waals surface area contributed by atoms with E-state index in [1.54, 1.807) is 31.4 Å². The number of amidine groups is 1. The third kappa shape index (κ3) is 2.60. The number of hydrogen-bond acceptors (Lipinski definition) is 5. The van der Waals surface area contributed by atoms with Crippen LogP contribution in [-0.4, -0.2) is 24.0 Å². The van der Waals surface area contributed by atoms with Gasteiger partial charge in [0.1, 0.15) is 5.75 Å². The van der Waals surface area contributed by atoms with Crippen molar-refractivity contribution in [3.8, 4) is 5.75 Å². The summed E-state index contributed by atoms with van der Waals surface area (Å²) >= 11 is 0.943. The molecule has 2 N–H and O–H groups in total. The molecule has 92 valence electrons. The monoisotopic (exact) mass is 262 g/mol. The number of amides is 1. The Bertz CT molecular complexity index is 549. The van der Waals surface area contributed by atoms with E-state index in [0.29, 0.717) is 11.3 Å². The molecule has 6 heteroatoms. The number of nitrogens with one attached hydrogen (secondary N) is 2. The molecule has 0 radical (unpaired) electrons. The molecule has 0 unspecified atom stereocenters. The van der Waals surface area contributed by atoms with Crippen molar-refractivity contribution in [2.75, 3.05) is 7.11 Å². The Morgan fingerprint density at radius 3 is 2.56 bits per heavy atom. The average molecular weight is 262 g/mol. The summed E-state index contributed by atoms with van der Waals surface area (Å²) in [5.41, 5.74) is 0.468. The van der Waals surface area contributed by atoms with Gasteiger partial charge in [0.25, 0.3) is 5.91 Å². The molecule has 1 fully saturated rings. The summed E-state index contributed by atoms with van der Waals surface area (Å²) in [5.74, 6) is -0.0224. The van der Waals surface area contributed by atoms with E-state index in [9.17, 15) is 9.59 Å². The maximum Gasteiger partial charge on any atom is 0.264 e. The van der Waals surface area contributed by atoms with Gasteiger partial charge in [-0.05, 0) is 36.0 Å². The fourth-order valence-corrected chi connectivity index (χ4v) is 2.07. The number of rotatable bonds is 3. The number of allylic oxidation sites excluding steroid dienone is 1. The third-order valence-corrected chi connectivity index (χ3v) is 3.13. The molecule has 0 saturated carbocycles. The molecule has 0 bridgehead atoms. The Morgan fingerprint density at radius 2 is 2.06 bits per heavy atom. The Labute approximate surface area is 108 Å². The quantitative estimate of drug-likeness (QED) is 0.640. The molecule has 0 aliphatic carbocycles. The molecule has 1 amide bonds. The van der Waals surface area contributed by atoms with Crippen LogP contribution in [0, 0.1) is 5.41 Å². The first kappa shape index (κ1) is 12.4. The summed E-state index contributed by atoms with van der Waals surface area (Å²) < 4.78 is 4.99. The van der Waals surface area contributed by atoms with E-state index in [-0.39, 0.29) is 15.9 Å². The predicted octanol–water partition coefficient (Wildman–Crippen LogP) is 1.56. The number of ketones is 1. The van der Waals surface area contributed by atoms with Gasteiger partial charge in [0.2, 0.25) is 0 Å². The van der Waals surface area contributed by atoms with Crippen LogP contribution in [0.1, 0.15) is 10.4 Å². The largest absolute Gasteiger partial charge is 0.497 e. The minimum atomic E-state index is -0.410. The normalized spacial score (nSPS) is 16.8. The fourth-order valence-electron chi connectivity index (χ4n) is 1.40. The van der Waals surface area contributed by atoms with Crippen LogP contribution in [-0.2, 0) is 4.79 Å². The van der Waals surface area contributed by atoms with Gasteiger partial charge in [-0.15, -0.1) is 0 Å². The fraction of sp³-hybridized carbons (Fsp3) is 0.0833. The molecule has 18 heavy (non-hydrogen) atoms. The van der Waals surface area contributed by atoms with Gasteiger partial charge in [-0.25, -0.2) is 0 Å². The molecule has 1 aliphatic rings. The number of benzene rings is 1. The van der Waals surface area contributed by atoms with Crippen LogP contribution in [0.3, 0.4) is 0 Å². The van der Waals surface area contributed by atoms with Gasteiger partial charge < -0.3 is 10.1 Å². The van der Waals surface area contributed by atoms with E-state index in [0.717, 1.165) is 11.8 Å². The van der Waals surface area contributed by atoms with Gasteiger partial charge in [-0.2, -0.15) is 0 Å². The summed E-state index contributed by atoms with van der Waals surface area (Å²) in [5, 5.41) is 9.62.